The van der Waals surface area contributed by atoms with E-state index in [1.165, 1.54) is 17.3 Å². The van der Waals surface area contributed by atoms with E-state index >= 15 is 0 Å². The van der Waals surface area contributed by atoms with E-state index in [0.717, 1.165) is 21.6 Å². The molecule has 2 rings (SSSR count). The van der Waals surface area contributed by atoms with Crippen LogP contribution in [-0.2, 0) is 6.54 Å². The smallest absolute Gasteiger partial charge is 0.170 e. The lowest BCUT2D eigenvalue weighted by Gasteiger charge is -2.20. The Kier molecular flexibility index (Phi) is 4.55. The third-order valence-corrected chi connectivity index (χ3v) is 3.92. The molecular formula is C14H18ClN3S. The van der Waals surface area contributed by atoms with E-state index in [1.807, 2.05) is 12.1 Å². The maximum Gasteiger partial charge on any atom is 0.170 e. The fraction of sp³-hybridized carbons (Fsp3) is 0.357. The number of aromatic amines is 1. The monoisotopic (exact) mass is 295 g/mol. The highest BCUT2D eigenvalue weighted by atomic mass is 35.5. The molecule has 0 aliphatic heterocycles. The van der Waals surface area contributed by atoms with E-state index in [0.29, 0.717) is 0 Å². The summed E-state index contributed by atoms with van der Waals surface area (Å²) in [5, 5.41) is 5.05. The number of nitrogens with zero attached hydrogens (tertiary/aromatic N) is 1. The van der Waals surface area contributed by atoms with Crippen molar-refractivity contribution in [3.05, 3.63) is 41.2 Å². The molecule has 1 aromatic heterocycles. The first kappa shape index (κ1) is 14.4. The number of H-pyrrole nitrogens is 1. The third kappa shape index (κ3) is 4.56. The molecule has 0 amide bonds. The molecule has 5 heteroatoms. The van der Waals surface area contributed by atoms with Gasteiger partial charge in [0.1, 0.15) is 0 Å². The Bertz CT molecular complexity index is 532. The van der Waals surface area contributed by atoms with Crippen molar-refractivity contribution in [1.29, 1.82) is 0 Å². The van der Waals surface area contributed by atoms with Gasteiger partial charge in [-0.15, -0.1) is 0 Å². The summed E-state index contributed by atoms with van der Waals surface area (Å²) in [6.07, 6.45) is 3.54. The zero-order valence-electron chi connectivity index (χ0n) is 11.3. The van der Waals surface area contributed by atoms with Gasteiger partial charge < -0.3 is 10.3 Å². The number of rotatable bonds is 4. The van der Waals surface area contributed by atoms with Gasteiger partial charge in [-0.05, 0) is 38.5 Å². The van der Waals surface area contributed by atoms with E-state index in [-0.39, 0.29) is 5.54 Å². The molecule has 0 atom stereocenters. The van der Waals surface area contributed by atoms with Crippen molar-refractivity contribution in [2.45, 2.75) is 42.9 Å². The van der Waals surface area contributed by atoms with Gasteiger partial charge in [-0.1, -0.05) is 29.4 Å². The zero-order chi connectivity index (χ0) is 13.9. The zero-order valence-corrected chi connectivity index (χ0v) is 12.9. The van der Waals surface area contributed by atoms with Crippen LogP contribution in [-0.4, -0.2) is 15.5 Å². The number of benzene rings is 1. The Morgan fingerprint density at radius 1 is 1.37 bits per heavy atom. The molecule has 0 radical (unpaired) electrons. The molecule has 0 aliphatic carbocycles. The van der Waals surface area contributed by atoms with Gasteiger partial charge in [0.15, 0.2) is 5.16 Å². The number of imidazole rings is 1. The predicted molar refractivity (Wildman–Crippen MR) is 80.8 cm³/mol. The lowest BCUT2D eigenvalue weighted by Crippen LogP contribution is -2.35. The Balaban J connectivity index is 2.05. The second kappa shape index (κ2) is 5.99. The number of hydrogen-bond donors (Lipinski definition) is 2. The molecule has 0 fully saturated rings. The largest absolute Gasteiger partial charge is 0.339 e. The number of aromatic nitrogens is 2. The van der Waals surface area contributed by atoms with Crippen molar-refractivity contribution >= 4 is 23.4 Å². The maximum atomic E-state index is 6.31. The van der Waals surface area contributed by atoms with Crippen molar-refractivity contribution in [2.24, 2.45) is 0 Å². The molecule has 0 saturated carbocycles. The summed E-state index contributed by atoms with van der Waals surface area (Å²) in [5.74, 6) is 0. The molecule has 0 unspecified atom stereocenters. The molecule has 1 aromatic carbocycles. The number of halogens is 1. The Morgan fingerprint density at radius 3 is 2.74 bits per heavy atom. The Labute approximate surface area is 123 Å². The standard InChI is InChI=1S/C14H18ClN3S/c1-14(2,3)18-9-10-4-5-12(11(15)8-10)19-13-16-6-7-17-13/h4-8,18H,9H2,1-3H3,(H,16,17). The summed E-state index contributed by atoms with van der Waals surface area (Å²) in [6, 6.07) is 6.14. The molecule has 0 saturated heterocycles. The quantitative estimate of drug-likeness (QED) is 0.892. The molecule has 19 heavy (non-hydrogen) atoms. The van der Waals surface area contributed by atoms with Gasteiger partial charge >= 0.3 is 0 Å². The molecule has 2 N–H and O–H groups in total. The first-order valence-corrected chi connectivity index (χ1v) is 7.34. The third-order valence-electron chi connectivity index (χ3n) is 2.50. The van der Waals surface area contributed by atoms with E-state index in [4.69, 9.17) is 11.6 Å². The van der Waals surface area contributed by atoms with Crippen molar-refractivity contribution in [3.8, 4) is 0 Å². The summed E-state index contributed by atoms with van der Waals surface area (Å²) < 4.78 is 0. The lowest BCUT2D eigenvalue weighted by atomic mass is 10.1. The molecular weight excluding hydrogens is 278 g/mol. The summed E-state index contributed by atoms with van der Waals surface area (Å²) in [6.45, 7) is 7.26. The summed E-state index contributed by atoms with van der Waals surface area (Å²) in [7, 11) is 0. The minimum absolute atomic E-state index is 0.105. The highest BCUT2D eigenvalue weighted by Gasteiger charge is 2.10. The van der Waals surface area contributed by atoms with Crippen LogP contribution in [0.4, 0.5) is 0 Å². The van der Waals surface area contributed by atoms with Crippen LogP contribution < -0.4 is 5.32 Å². The molecule has 1 heterocycles. The van der Waals surface area contributed by atoms with Gasteiger partial charge in [-0.25, -0.2) is 4.98 Å². The van der Waals surface area contributed by atoms with E-state index in [1.54, 1.807) is 12.4 Å². The van der Waals surface area contributed by atoms with Crippen LogP contribution >= 0.6 is 23.4 Å². The van der Waals surface area contributed by atoms with Gasteiger partial charge in [-0.2, -0.15) is 0 Å². The fourth-order valence-electron chi connectivity index (χ4n) is 1.52. The SMILES string of the molecule is CC(C)(C)NCc1ccc(Sc2ncc[nH]2)c(Cl)c1. The Hall–Kier alpha value is -0.970. The van der Waals surface area contributed by atoms with Gasteiger partial charge in [0, 0.05) is 29.4 Å². The van der Waals surface area contributed by atoms with Gasteiger partial charge in [0.2, 0.25) is 0 Å². The second-order valence-corrected chi connectivity index (χ2v) is 6.80. The summed E-state index contributed by atoms with van der Waals surface area (Å²) in [5.41, 5.74) is 1.29. The first-order chi connectivity index (χ1) is 8.94. The van der Waals surface area contributed by atoms with Crippen LogP contribution in [0.3, 0.4) is 0 Å². The van der Waals surface area contributed by atoms with Crippen LogP contribution in [0.1, 0.15) is 26.3 Å². The summed E-state index contributed by atoms with van der Waals surface area (Å²) in [4.78, 5) is 8.24. The fourth-order valence-corrected chi connectivity index (χ4v) is 2.58. The molecule has 102 valence electrons. The minimum atomic E-state index is 0.105. The maximum absolute atomic E-state index is 6.31. The minimum Gasteiger partial charge on any atom is -0.339 e. The average Bonchev–Trinajstić information content (AvgIpc) is 2.81. The van der Waals surface area contributed by atoms with Crippen LogP contribution in [0.25, 0.3) is 0 Å². The van der Waals surface area contributed by atoms with Crippen LogP contribution in [0.15, 0.2) is 40.6 Å². The molecule has 0 aliphatic rings. The molecule has 3 nitrogen and oxygen atoms in total. The normalized spacial score (nSPS) is 11.8. The highest BCUT2D eigenvalue weighted by molar-refractivity contribution is 7.99. The van der Waals surface area contributed by atoms with E-state index in [2.05, 4.69) is 42.1 Å². The number of nitrogens with one attached hydrogen (secondary N) is 2. The average molecular weight is 296 g/mol. The lowest BCUT2D eigenvalue weighted by molar-refractivity contribution is 0.424. The van der Waals surface area contributed by atoms with Crippen molar-refractivity contribution in [1.82, 2.24) is 15.3 Å². The highest BCUT2D eigenvalue weighted by Crippen LogP contribution is 2.31. The van der Waals surface area contributed by atoms with E-state index in [9.17, 15) is 0 Å². The van der Waals surface area contributed by atoms with Gasteiger partial charge in [0.25, 0.3) is 0 Å². The van der Waals surface area contributed by atoms with Gasteiger partial charge in [0.05, 0.1) is 5.02 Å². The van der Waals surface area contributed by atoms with Gasteiger partial charge in [-0.3, -0.25) is 0 Å². The van der Waals surface area contributed by atoms with Crippen molar-refractivity contribution in [2.75, 3.05) is 0 Å². The van der Waals surface area contributed by atoms with E-state index < -0.39 is 0 Å². The molecule has 2 aromatic rings. The second-order valence-electron chi connectivity index (χ2n) is 5.36. The first-order valence-electron chi connectivity index (χ1n) is 6.15. The van der Waals surface area contributed by atoms with Crippen molar-refractivity contribution < 1.29 is 0 Å². The number of hydrogen-bond acceptors (Lipinski definition) is 3. The van der Waals surface area contributed by atoms with Crippen LogP contribution in [0.5, 0.6) is 0 Å². The Morgan fingerprint density at radius 2 is 2.16 bits per heavy atom. The van der Waals surface area contributed by atoms with Crippen molar-refractivity contribution in [3.63, 3.8) is 0 Å². The molecule has 0 bridgehead atoms. The van der Waals surface area contributed by atoms with Crippen LogP contribution in [0, 0.1) is 0 Å². The predicted octanol–water partition coefficient (Wildman–Crippen LogP) is 4.10. The molecule has 0 spiro atoms. The summed E-state index contributed by atoms with van der Waals surface area (Å²) >= 11 is 7.84. The van der Waals surface area contributed by atoms with Crippen LogP contribution in [0.2, 0.25) is 5.02 Å². The topological polar surface area (TPSA) is 40.7 Å².